The summed E-state index contributed by atoms with van der Waals surface area (Å²) in [6.07, 6.45) is 2.03. The molecule has 0 atom stereocenters. The van der Waals surface area contributed by atoms with Crippen LogP contribution in [0.15, 0.2) is 40.8 Å². The van der Waals surface area contributed by atoms with Gasteiger partial charge in [0.15, 0.2) is 9.91 Å². The highest BCUT2D eigenvalue weighted by Crippen LogP contribution is 2.05. The average Bonchev–Trinajstić information content (AvgIpc) is 2.79. The number of aryl methyl sites for hydroxylation is 1. The number of nitrogens with zero attached hydrogens (tertiary/aromatic N) is 2. The van der Waals surface area contributed by atoms with Gasteiger partial charge in [-0.3, -0.25) is 0 Å². The van der Waals surface area contributed by atoms with Gasteiger partial charge in [0.05, 0.1) is 0 Å². The van der Waals surface area contributed by atoms with Crippen molar-refractivity contribution in [1.82, 2.24) is 9.88 Å². The van der Waals surface area contributed by atoms with E-state index in [-0.39, 0.29) is 0 Å². The number of benzene rings is 1. The zero-order valence-corrected chi connectivity index (χ0v) is 12.0. The zero-order valence-electron chi connectivity index (χ0n) is 10.4. The van der Waals surface area contributed by atoms with Crippen molar-refractivity contribution in [3.63, 3.8) is 0 Å². The number of nitrogens with one attached hydrogen (secondary N) is 1. The molecule has 0 aliphatic heterocycles. The van der Waals surface area contributed by atoms with E-state index in [9.17, 15) is 0 Å². The molecule has 0 saturated carbocycles. The van der Waals surface area contributed by atoms with Crippen molar-refractivity contribution in [3.8, 4) is 0 Å². The first-order valence-electron chi connectivity index (χ1n) is 5.65. The van der Waals surface area contributed by atoms with Crippen LogP contribution in [0.3, 0.4) is 0 Å². The number of hydrogen-bond acceptors (Lipinski definition) is 2. The van der Waals surface area contributed by atoms with Crippen LogP contribution in [0.1, 0.15) is 11.1 Å². The van der Waals surface area contributed by atoms with Crippen LogP contribution in [0.2, 0.25) is 0 Å². The normalized spacial score (nSPS) is 11.6. The van der Waals surface area contributed by atoms with E-state index in [0.717, 1.165) is 11.3 Å². The Labute approximate surface area is 116 Å². The highest BCUT2D eigenvalue weighted by Gasteiger charge is 1.98. The molecule has 1 N–H and O–H groups in total. The lowest BCUT2D eigenvalue weighted by molar-refractivity contribution is 0.771. The highest BCUT2D eigenvalue weighted by molar-refractivity contribution is 7.80. The van der Waals surface area contributed by atoms with Gasteiger partial charge in [-0.1, -0.05) is 29.8 Å². The van der Waals surface area contributed by atoms with Gasteiger partial charge in [0.1, 0.15) is 0 Å². The third-order valence-corrected chi connectivity index (χ3v) is 3.63. The predicted molar refractivity (Wildman–Crippen MR) is 79.8 cm³/mol. The SMILES string of the molecule is CNC(=S)N=c1sccn1Cc1ccc(C)cc1. The Kier molecular flexibility index (Phi) is 4.28. The fourth-order valence-corrected chi connectivity index (χ4v) is 2.42. The number of thiazole rings is 1. The van der Waals surface area contributed by atoms with Crippen LogP contribution in [0, 0.1) is 6.92 Å². The Hall–Kier alpha value is -1.46. The standard InChI is InChI=1S/C13H15N3S2/c1-10-3-5-11(6-4-10)9-16-7-8-18-13(16)15-12(17)14-2/h3-8H,9H2,1-2H3,(H,14,17). The first kappa shape index (κ1) is 13.0. The van der Waals surface area contributed by atoms with Gasteiger partial charge in [-0.15, -0.1) is 11.3 Å². The molecule has 0 bridgehead atoms. The molecule has 3 nitrogen and oxygen atoms in total. The third-order valence-electron chi connectivity index (χ3n) is 2.54. The molecule has 1 aromatic heterocycles. The van der Waals surface area contributed by atoms with Gasteiger partial charge in [0.2, 0.25) is 0 Å². The molecule has 5 heteroatoms. The molecular weight excluding hydrogens is 262 g/mol. The lowest BCUT2D eigenvalue weighted by Gasteiger charge is -2.04. The molecule has 1 heterocycles. The number of aromatic nitrogens is 1. The first-order valence-corrected chi connectivity index (χ1v) is 6.94. The van der Waals surface area contributed by atoms with Crippen molar-refractivity contribution in [2.24, 2.45) is 4.99 Å². The number of thiocarbonyl (C=S) groups is 1. The van der Waals surface area contributed by atoms with Crippen molar-refractivity contribution in [1.29, 1.82) is 0 Å². The second-order valence-electron chi connectivity index (χ2n) is 3.97. The summed E-state index contributed by atoms with van der Waals surface area (Å²) in [6, 6.07) is 8.52. The van der Waals surface area contributed by atoms with E-state index in [1.165, 1.54) is 11.1 Å². The second kappa shape index (κ2) is 5.93. The summed E-state index contributed by atoms with van der Waals surface area (Å²) in [6.45, 7) is 2.91. The summed E-state index contributed by atoms with van der Waals surface area (Å²) < 4.78 is 2.10. The van der Waals surface area contributed by atoms with E-state index in [0.29, 0.717) is 5.11 Å². The summed E-state index contributed by atoms with van der Waals surface area (Å²) in [4.78, 5) is 5.26. The van der Waals surface area contributed by atoms with Crippen molar-refractivity contribution >= 4 is 28.7 Å². The molecule has 1 aromatic carbocycles. The Morgan fingerprint density at radius 3 is 2.78 bits per heavy atom. The van der Waals surface area contributed by atoms with Gasteiger partial charge >= 0.3 is 0 Å². The van der Waals surface area contributed by atoms with E-state index in [2.05, 4.69) is 46.1 Å². The Morgan fingerprint density at radius 2 is 2.11 bits per heavy atom. The molecule has 94 valence electrons. The van der Waals surface area contributed by atoms with Crippen molar-refractivity contribution in [2.75, 3.05) is 7.05 Å². The molecule has 2 rings (SSSR count). The maximum absolute atomic E-state index is 5.06. The summed E-state index contributed by atoms with van der Waals surface area (Å²) in [5.41, 5.74) is 2.53. The van der Waals surface area contributed by atoms with Crippen LogP contribution in [0.4, 0.5) is 0 Å². The lowest BCUT2D eigenvalue weighted by atomic mass is 10.1. The highest BCUT2D eigenvalue weighted by atomic mass is 32.1. The largest absolute Gasteiger partial charge is 0.364 e. The maximum Gasteiger partial charge on any atom is 0.195 e. The molecule has 0 amide bonds. The molecular formula is C13H15N3S2. The molecule has 0 aliphatic carbocycles. The van der Waals surface area contributed by atoms with E-state index < -0.39 is 0 Å². The number of hydrogen-bond donors (Lipinski definition) is 1. The lowest BCUT2D eigenvalue weighted by Crippen LogP contribution is -2.21. The molecule has 0 saturated heterocycles. The van der Waals surface area contributed by atoms with Crippen molar-refractivity contribution in [2.45, 2.75) is 13.5 Å². The van der Waals surface area contributed by atoms with Crippen LogP contribution in [0.25, 0.3) is 0 Å². The average molecular weight is 277 g/mol. The van der Waals surface area contributed by atoms with Gasteiger partial charge in [-0.2, -0.15) is 4.99 Å². The summed E-state index contributed by atoms with van der Waals surface area (Å²) in [5, 5.41) is 5.39. The molecule has 2 aromatic rings. The first-order chi connectivity index (χ1) is 8.69. The van der Waals surface area contributed by atoms with Gasteiger partial charge in [-0.25, -0.2) is 0 Å². The monoisotopic (exact) mass is 277 g/mol. The minimum absolute atomic E-state index is 0.509. The van der Waals surface area contributed by atoms with Crippen molar-refractivity contribution < 1.29 is 0 Å². The summed E-state index contributed by atoms with van der Waals surface area (Å²) >= 11 is 6.64. The van der Waals surface area contributed by atoms with Crippen LogP contribution >= 0.6 is 23.6 Å². The topological polar surface area (TPSA) is 29.3 Å². The fourth-order valence-electron chi connectivity index (χ4n) is 1.54. The van der Waals surface area contributed by atoms with Gasteiger partial charge in [-0.05, 0) is 24.7 Å². The zero-order chi connectivity index (χ0) is 13.0. The summed E-state index contributed by atoms with van der Waals surface area (Å²) in [7, 11) is 1.78. The second-order valence-corrected chi connectivity index (χ2v) is 5.23. The third kappa shape index (κ3) is 3.27. The maximum atomic E-state index is 5.06. The fraction of sp³-hybridized carbons (Fsp3) is 0.231. The molecule has 0 fully saturated rings. The Morgan fingerprint density at radius 1 is 1.39 bits per heavy atom. The molecule has 0 spiro atoms. The van der Waals surface area contributed by atoms with E-state index in [1.807, 2.05) is 11.6 Å². The van der Waals surface area contributed by atoms with Gasteiger partial charge in [0.25, 0.3) is 0 Å². The number of rotatable bonds is 2. The molecule has 0 aliphatic rings. The summed E-state index contributed by atoms with van der Waals surface area (Å²) in [5.74, 6) is 0. The molecule has 0 unspecified atom stereocenters. The van der Waals surface area contributed by atoms with Gasteiger partial charge in [0, 0.05) is 25.2 Å². The quantitative estimate of drug-likeness (QED) is 0.854. The predicted octanol–water partition coefficient (Wildman–Crippen LogP) is 2.31. The Bertz CT molecular complexity index is 593. The smallest absolute Gasteiger partial charge is 0.195 e. The van der Waals surface area contributed by atoms with E-state index >= 15 is 0 Å². The van der Waals surface area contributed by atoms with E-state index in [4.69, 9.17) is 12.2 Å². The Balaban J connectivity index is 2.25. The minimum atomic E-state index is 0.509. The van der Waals surface area contributed by atoms with E-state index in [1.54, 1.807) is 18.4 Å². The minimum Gasteiger partial charge on any atom is -0.364 e. The van der Waals surface area contributed by atoms with Crippen LogP contribution in [0.5, 0.6) is 0 Å². The molecule has 0 radical (unpaired) electrons. The molecule has 18 heavy (non-hydrogen) atoms. The van der Waals surface area contributed by atoms with Crippen LogP contribution in [-0.2, 0) is 6.54 Å². The van der Waals surface area contributed by atoms with Gasteiger partial charge < -0.3 is 9.88 Å². The van der Waals surface area contributed by atoms with Crippen molar-refractivity contribution in [3.05, 3.63) is 51.8 Å². The van der Waals surface area contributed by atoms with Crippen LogP contribution < -0.4 is 10.1 Å². The van der Waals surface area contributed by atoms with Crippen LogP contribution in [-0.4, -0.2) is 16.7 Å².